The molecule has 0 N–H and O–H groups in total. The molecule has 2 aliphatic rings. The Labute approximate surface area is 208 Å². The van der Waals surface area contributed by atoms with Crippen LogP contribution in [0.2, 0.25) is 0 Å². The van der Waals surface area contributed by atoms with Gasteiger partial charge in [0.15, 0.2) is 0 Å². The zero-order valence-corrected chi connectivity index (χ0v) is 21.1. The molecule has 1 atom stereocenters. The summed E-state index contributed by atoms with van der Waals surface area (Å²) in [4.78, 5) is 11.4. The molecular formula is C28H39F3N4. The Balaban J connectivity index is 1.53. The van der Waals surface area contributed by atoms with E-state index in [9.17, 15) is 13.2 Å². The Bertz CT molecular complexity index is 919. The Morgan fingerprint density at radius 1 is 0.943 bits per heavy atom. The van der Waals surface area contributed by atoms with Crippen molar-refractivity contribution in [1.29, 1.82) is 0 Å². The maximum absolute atomic E-state index is 13.4. The molecule has 2 heterocycles. The van der Waals surface area contributed by atoms with Gasteiger partial charge in [-0.25, -0.2) is 4.98 Å². The number of pyridine rings is 1. The summed E-state index contributed by atoms with van der Waals surface area (Å²) < 4.78 is 40.3. The zero-order valence-electron chi connectivity index (χ0n) is 21.1. The van der Waals surface area contributed by atoms with Crippen molar-refractivity contribution in [3.8, 4) is 0 Å². The summed E-state index contributed by atoms with van der Waals surface area (Å²) >= 11 is 0. The molecule has 192 valence electrons. The van der Waals surface area contributed by atoms with Crippen molar-refractivity contribution < 1.29 is 13.2 Å². The molecule has 7 heteroatoms. The van der Waals surface area contributed by atoms with Crippen LogP contribution in [0.1, 0.15) is 63.6 Å². The summed E-state index contributed by atoms with van der Waals surface area (Å²) in [5.41, 5.74) is 0.513. The number of halogens is 3. The fourth-order valence-electron chi connectivity index (χ4n) is 5.75. The summed E-state index contributed by atoms with van der Waals surface area (Å²) in [7, 11) is 0. The van der Waals surface area contributed by atoms with Crippen LogP contribution in [0.25, 0.3) is 0 Å². The summed E-state index contributed by atoms with van der Waals surface area (Å²) in [6.45, 7) is 9.93. The minimum Gasteiger partial charge on any atom is -0.352 e. The molecule has 0 radical (unpaired) electrons. The third kappa shape index (κ3) is 6.36. The van der Waals surface area contributed by atoms with Gasteiger partial charge in [0.2, 0.25) is 0 Å². The molecule has 1 saturated heterocycles. The van der Waals surface area contributed by atoms with E-state index < -0.39 is 11.9 Å². The number of piperazine rings is 1. The van der Waals surface area contributed by atoms with Gasteiger partial charge >= 0.3 is 6.18 Å². The highest BCUT2D eigenvalue weighted by Gasteiger charge is 2.42. The number of nitrogens with zero attached hydrogens (tertiary/aromatic N) is 4. The smallest absolute Gasteiger partial charge is 0.352 e. The first-order chi connectivity index (χ1) is 16.8. The van der Waals surface area contributed by atoms with Gasteiger partial charge in [0.1, 0.15) is 11.5 Å². The Kier molecular flexibility index (Phi) is 8.38. The minimum absolute atomic E-state index is 0.0174. The number of benzene rings is 1. The number of anilines is 1. The molecule has 0 spiro atoms. The van der Waals surface area contributed by atoms with Crippen LogP contribution in [0.15, 0.2) is 48.5 Å². The topological polar surface area (TPSA) is 22.6 Å². The lowest BCUT2D eigenvalue weighted by Gasteiger charge is -2.52. The van der Waals surface area contributed by atoms with Crippen LogP contribution in [0.4, 0.5) is 19.0 Å². The van der Waals surface area contributed by atoms with Gasteiger partial charge in [-0.1, -0.05) is 62.6 Å². The Morgan fingerprint density at radius 3 is 2.26 bits per heavy atom. The van der Waals surface area contributed by atoms with Crippen molar-refractivity contribution in [2.75, 3.05) is 37.6 Å². The molecule has 1 saturated carbocycles. The minimum atomic E-state index is -4.44. The molecule has 4 nitrogen and oxygen atoms in total. The normalized spacial score (nSPS) is 20.5. The van der Waals surface area contributed by atoms with E-state index in [0.29, 0.717) is 5.82 Å². The van der Waals surface area contributed by atoms with E-state index in [0.717, 1.165) is 64.6 Å². The molecule has 1 aromatic heterocycles. The third-order valence-corrected chi connectivity index (χ3v) is 7.98. The summed E-state index contributed by atoms with van der Waals surface area (Å²) in [6, 6.07) is 15.0. The first-order valence-electron chi connectivity index (χ1n) is 13.1. The lowest BCUT2D eigenvalue weighted by atomic mass is 9.79. The van der Waals surface area contributed by atoms with Crippen LogP contribution in [-0.4, -0.2) is 59.1 Å². The number of rotatable bonds is 8. The number of aromatic nitrogens is 1. The molecule has 2 aromatic rings. The van der Waals surface area contributed by atoms with Crippen molar-refractivity contribution in [1.82, 2.24) is 14.8 Å². The molecule has 4 rings (SSSR count). The SMILES string of the molecule is CCC(C)N(CC1(N2CCN(Cc3ccccc3)CC2)CCCCC1)c1cccc(C(F)(F)F)n1. The van der Waals surface area contributed by atoms with Gasteiger partial charge in [-0.05, 0) is 43.9 Å². The second-order valence-corrected chi connectivity index (χ2v) is 10.3. The van der Waals surface area contributed by atoms with E-state index in [1.807, 2.05) is 0 Å². The highest BCUT2D eigenvalue weighted by molar-refractivity contribution is 5.42. The van der Waals surface area contributed by atoms with Gasteiger partial charge in [-0.3, -0.25) is 9.80 Å². The Morgan fingerprint density at radius 2 is 1.63 bits per heavy atom. The van der Waals surface area contributed by atoms with Crippen molar-refractivity contribution in [2.24, 2.45) is 0 Å². The predicted octanol–water partition coefficient (Wildman–Crippen LogP) is 6.23. The molecule has 1 aromatic carbocycles. The van der Waals surface area contributed by atoms with E-state index in [1.165, 1.54) is 30.9 Å². The first-order valence-corrected chi connectivity index (χ1v) is 13.1. The number of hydrogen-bond donors (Lipinski definition) is 0. The van der Waals surface area contributed by atoms with Crippen LogP contribution in [0, 0.1) is 0 Å². The van der Waals surface area contributed by atoms with Crippen LogP contribution in [0.3, 0.4) is 0 Å². The molecule has 2 fully saturated rings. The largest absolute Gasteiger partial charge is 0.433 e. The lowest BCUT2D eigenvalue weighted by molar-refractivity contribution is -0.141. The molecule has 0 amide bonds. The van der Waals surface area contributed by atoms with Crippen LogP contribution in [0.5, 0.6) is 0 Å². The molecule has 1 unspecified atom stereocenters. The second kappa shape index (κ2) is 11.3. The molecule has 0 bridgehead atoms. The van der Waals surface area contributed by atoms with Crippen LogP contribution >= 0.6 is 0 Å². The van der Waals surface area contributed by atoms with Crippen LogP contribution < -0.4 is 4.90 Å². The maximum atomic E-state index is 13.4. The average Bonchev–Trinajstić information content (AvgIpc) is 2.88. The van der Waals surface area contributed by atoms with Gasteiger partial charge in [-0.2, -0.15) is 13.2 Å². The monoisotopic (exact) mass is 488 g/mol. The quantitative estimate of drug-likeness (QED) is 0.440. The highest BCUT2D eigenvalue weighted by Crippen LogP contribution is 2.37. The summed E-state index contributed by atoms with van der Waals surface area (Å²) in [5.74, 6) is 0.446. The van der Waals surface area contributed by atoms with E-state index in [2.05, 4.69) is 63.9 Å². The zero-order chi connectivity index (χ0) is 24.9. The fourth-order valence-corrected chi connectivity index (χ4v) is 5.75. The maximum Gasteiger partial charge on any atom is 0.433 e. The molecular weight excluding hydrogens is 449 g/mol. The number of alkyl halides is 3. The van der Waals surface area contributed by atoms with Crippen LogP contribution in [-0.2, 0) is 12.7 Å². The van der Waals surface area contributed by atoms with Crippen molar-refractivity contribution >= 4 is 5.82 Å². The van der Waals surface area contributed by atoms with Crippen molar-refractivity contribution in [2.45, 2.75) is 76.7 Å². The average molecular weight is 489 g/mol. The van der Waals surface area contributed by atoms with Gasteiger partial charge in [0, 0.05) is 50.8 Å². The second-order valence-electron chi connectivity index (χ2n) is 10.3. The van der Waals surface area contributed by atoms with Gasteiger partial charge in [0.05, 0.1) is 0 Å². The highest BCUT2D eigenvalue weighted by atomic mass is 19.4. The van der Waals surface area contributed by atoms with E-state index in [4.69, 9.17) is 0 Å². The lowest BCUT2D eigenvalue weighted by Crippen LogP contribution is -2.62. The fraction of sp³-hybridized carbons (Fsp3) is 0.607. The summed E-state index contributed by atoms with van der Waals surface area (Å²) in [6.07, 6.45) is 2.20. The van der Waals surface area contributed by atoms with E-state index >= 15 is 0 Å². The summed E-state index contributed by atoms with van der Waals surface area (Å²) in [5, 5.41) is 0. The Hall–Kier alpha value is -2.12. The molecule has 35 heavy (non-hydrogen) atoms. The van der Waals surface area contributed by atoms with E-state index in [-0.39, 0.29) is 11.6 Å². The standard InChI is InChI=1S/C28H39F3N4/c1-3-23(2)35(26-14-10-13-25(32-26)28(29,30)31)22-27(15-8-5-9-16-27)34-19-17-33(18-20-34)21-24-11-6-4-7-12-24/h4,6-7,10-14,23H,3,5,8-9,15-22H2,1-2H3. The van der Waals surface area contributed by atoms with E-state index in [1.54, 1.807) is 6.07 Å². The predicted molar refractivity (Wildman–Crippen MR) is 135 cm³/mol. The van der Waals surface area contributed by atoms with Crippen molar-refractivity contribution in [3.05, 3.63) is 59.8 Å². The first kappa shape index (κ1) is 26.0. The van der Waals surface area contributed by atoms with Gasteiger partial charge in [0.25, 0.3) is 0 Å². The number of hydrogen-bond acceptors (Lipinski definition) is 4. The van der Waals surface area contributed by atoms with Gasteiger partial charge < -0.3 is 4.90 Å². The molecule has 1 aliphatic heterocycles. The third-order valence-electron chi connectivity index (χ3n) is 7.98. The van der Waals surface area contributed by atoms with Gasteiger partial charge in [-0.15, -0.1) is 0 Å². The molecule has 1 aliphatic carbocycles. The van der Waals surface area contributed by atoms with Crippen molar-refractivity contribution in [3.63, 3.8) is 0 Å².